The third-order valence-electron chi connectivity index (χ3n) is 3.67. The van der Waals surface area contributed by atoms with Crippen molar-refractivity contribution in [2.24, 2.45) is 4.99 Å². The van der Waals surface area contributed by atoms with E-state index in [4.69, 9.17) is 16.3 Å². The zero-order valence-electron chi connectivity index (χ0n) is 15.0. The van der Waals surface area contributed by atoms with Crippen LogP contribution in [0.15, 0.2) is 47.5 Å². The Hall–Kier alpha value is -1.67. The first-order chi connectivity index (χ1) is 12.1. The van der Waals surface area contributed by atoms with Crippen molar-refractivity contribution in [3.05, 3.63) is 58.6 Å². The van der Waals surface area contributed by atoms with E-state index < -0.39 is 0 Å². The van der Waals surface area contributed by atoms with Crippen LogP contribution in [0, 0.1) is 0 Å². The SMILES string of the molecule is CCNC(=NCc1cccc(OC)c1O)NCCc1ccc(Cl)cc1.I. The Morgan fingerprint density at radius 3 is 2.54 bits per heavy atom. The molecule has 0 amide bonds. The molecule has 0 aliphatic rings. The smallest absolute Gasteiger partial charge is 0.191 e. The Labute approximate surface area is 176 Å². The number of ether oxygens (including phenoxy) is 1. The van der Waals surface area contributed by atoms with E-state index in [0.29, 0.717) is 23.8 Å². The van der Waals surface area contributed by atoms with Crippen LogP contribution < -0.4 is 15.4 Å². The molecule has 0 saturated carbocycles. The van der Waals surface area contributed by atoms with Crippen LogP contribution in [0.3, 0.4) is 0 Å². The zero-order valence-corrected chi connectivity index (χ0v) is 18.0. The fourth-order valence-electron chi connectivity index (χ4n) is 2.34. The van der Waals surface area contributed by atoms with Crippen LogP contribution in [-0.4, -0.2) is 31.3 Å². The number of phenols is 1. The minimum Gasteiger partial charge on any atom is -0.504 e. The average molecular weight is 490 g/mol. The molecule has 5 nitrogen and oxygen atoms in total. The van der Waals surface area contributed by atoms with Crippen molar-refractivity contribution in [3.63, 3.8) is 0 Å². The number of guanidine groups is 1. The predicted octanol–water partition coefficient (Wildman–Crippen LogP) is 3.97. The molecule has 0 spiro atoms. The van der Waals surface area contributed by atoms with Gasteiger partial charge in [0.25, 0.3) is 0 Å². The number of phenolic OH excluding ortho intramolecular Hbond substituents is 1. The highest BCUT2D eigenvalue weighted by atomic mass is 127. The van der Waals surface area contributed by atoms with Crippen molar-refractivity contribution in [2.45, 2.75) is 19.9 Å². The maximum Gasteiger partial charge on any atom is 0.191 e. The summed E-state index contributed by atoms with van der Waals surface area (Å²) >= 11 is 5.90. The summed E-state index contributed by atoms with van der Waals surface area (Å²) in [5, 5.41) is 17.4. The van der Waals surface area contributed by atoms with E-state index in [2.05, 4.69) is 15.6 Å². The molecule has 0 atom stereocenters. The van der Waals surface area contributed by atoms with Gasteiger partial charge in [0.2, 0.25) is 0 Å². The van der Waals surface area contributed by atoms with Gasteiger partial charge in [-0.05, 0) is 37.1 Å². The Kier molecular flexibility index (Phi) is 10.2. The summed E-state index contributed by atoms with van der Waals surface area (Å²) in [6.07, 6.45) is 0.867. The molecule has 0 bridgehead atoms. The Balaban J connectivity index is 0.00000338. The summed E-state index contributed by atoms with van der Waals surface area (Å²) in [5.41, 5.74) is 1.92. The van der Waals surface area contributed by atoms with Gasteiger partial charge in [-0.1, -0.05) is 35.9 Å². The minimum absolute atomic E-state index is 0. The molecule has 142 valence electrons. The molecule has 2 rings (SSSR count). The quantitative estimate of drug-likeness (QED) is 0.313. The van der Waals surface area contributed by atoms with Crippen LogP contribution in [0.1, 0.15) is 18.1 Å². The van der Waals surface area contributed by atoms with Crippen LogP contribution in [0.25, 0.3) is 0 Å². The molecule has 2 aromatic rings. The molecule has 0 aliphatic carbocycles. The van der Waals surface area contributed by atoms with Gasteiger partial charge in [0.05, 0.1) is 13.7 Å². The zero-order chi connectivity index (χ0) is 18.1. The molecule has 7 heteroatoms. The lowest BCUT2D eigenvalue weighted by atomic mass is 10.1. The summed E-state index contributed by atoms with van der Waals surface area (Å²) in [5.74, 6) is 1.29. The number of para-hydroxylation sites is 1. The maximum absolute atomic E-state index is 10.1. The standard InChI is InChI=1S/C19H24ClN3O2.HI/c1-3-21-19(22-12-11-14-7-9-16(20)10-8-14)23-13-15-5-4-6-17(25-2)18(15)24;/h4-10,24H,3,11-13H2,1-2H3,(H2,21,22,23);1H. The van der Waals surface area contributed by atoms with Crippen molar-refractivity contribution in [1.29, 1.82) is 0 Å². The normalized spacial score (nSPS) is 10.8. The van der Waals surface area contributed by atoms with Crippen LogP contribution in [0.4, 0.5) is 0 Å². The third kappa shape index (κ3) is 6.92. The van der Waals surface area contributed by atoms with Gasteiger partial charge in [-0.15, -0.1) is 24.0 Å². The predicted molar refractivity (Wildman–Crippen MR) is 118 cm³/mol. The highest BCUT2D eigenvalue weighted by molar-refractivity contribution is 14.0. The minimum atomic E-state index is 0. The number of hydrogen-bond acceptors (Lipinski definition) is 3. The summed E-state index contributed by atoms with van der Waals surface area (Å²) in [6.45, 7) is 3.88. The van der Waals surface area contributed by atoms with Crippen molar-refractivity contribution >= 4 is 41.5 Å². The third-order valence-corrected chi connectivity index (χ3v) is 3.93. The van der Waals surface area contributed by atoms with Crippen LogP contribution >= 0.6 is 35.6 Å². The van der Waals surface area contributed by atoms with E-state index in [-0.39, 0.29) is 29.7 Å². The molecule has 0 aliphatic heterocycles. The second kappa shape index (κ2) is 11.9. The average Bonchev–Trinajstić information content (AvgIpc) is 2.62. The van der Waals surface area contributed by atoms with Gasteiger partial charge in [-0.3, -0.25) is 0 Å². The molecule has 26 heavy (non-hydrogen) atoms. The van der Waals surface area contributed by atoms with E-state index in [1.807, 2.05) is 43.3 Å². The first kappa shape index (κ1) is 22.4. The molecule has 0 saturated heterocycles. The molecule has 0 fully saturated rings. The fraction of sp³-hybridized carbons (Fsp3) is 0.316. The molecule has 3 N–H and O–H groups in total. The first-order valence-electron chi connectivity index (χ1n) is 8.25. The van der Waals surface area contributed by atoms with Gasteiger partial charge in [0.1, 0.15) is 0 Å². The van der Waals surface area contributed by atoms with Gasteiger partial charge >= 0.3 is 0 Å². The van der Waals surface area contributed by atoms with Crippen molar-refractivity contribution < 1.29 is 9.84 Å². The fourth-order valence-corrected chi connectivity index (χ4v) is 2.47. The second-order valence-corrected chi connectivity index (χ2v) is 5.90. The number of rotatable bonds is 7. The molecule has 0 radical (unpaired) electrons. The molecular formula is C19H25ClIN3O2. The van der Waals surface area contributed by atoms with Crippen molar-refractivity contribution in [2.75, 3.05) is 20.2 Å². The summed E-state index contributed by atoms with van der Waals surface area (Å²) in [6, 6.07) is 13.2. The van der Waals surface area contributed by atoms with Crippen LogP contribution in [-0.2, 0) is 13.0 Å². The van der Waals surface area contributed by atoms with Crippen LogP contribution in [0.2, 0.25) is 5.02 Å². The summed E-state index contributed by atoms with van der Waals surface area (Å²) in [4.78, 5) is 4.52. The number of nitrogens with zero attached hydrogens (tertiary/aromatic N) is 1. The van der Waals surface area contributed by atoms with Gasteiger partial charge < -0.3 is 20.5 Å². The number of methoxy groups -OCH3 is 1. The lowest BCUT2D eigenvalue weighted by molar-refractivity contribution is 0.370. The number of halogens is 2. The number of hydrogen-bond donors (Lipinski definition) is 3. The molecular weight excluding hydrogens is 465 g/mol. The van der Waals surface area contributed by atoms with Crippen LogP contribution in [0.5, 0.6) is 11.5 Å². The van der Waals surface area contributed by atoms with E-state index in [1.165, 1.54) is 12.7 Å². The maximum atomic E-state index is 10.1. The van der Waals surface area contributed by atoms with E-state index in [1.54, 1.807) is 6.07 Å². The van der Waals surface area contributed by atoms with Crippen molar-refractivity contribution in [1.82, 2.24) is 10.6 Å². The summed E-state index contributed by atoms with van der Waals surface area (Å²) in [7, 11) is 1.53. The lowest BCUT2D eigenvalue weighted by Gasteiger charge is -2.12. The van der Waals surface area contributed by atoms with Gasteiger partial charge in [-0.25, -0.2) is 4.99 Å². The van der Waals surface area contributed by atoms with Gasteiger partial charge in [-0.2, -0.15) is 0 Å². The van der Waals surface area contributed by atoms with Gasteiger partial charge in [0.15, 0.2) is 17.5 Å². The number of nitrogens with one attached hydrogen (secondary N) is 2. The summed E-state index contributed by atoms with van der Waals surface area (Å²) < 4.78 is 5.12. The number of aliphatic imine (C=N–C) groups is 1. The molecule has 0 unspecified atom stereocenters. The molecule has 2 aromatic carbocycles. The highest BCUT2D eigenvalue weighted by Gasteiger charge is 2.07. The lowest BCUT2D eigenvalue weighted by Crippen LogP contribution is -2.38. The molecule has 0 aromatic heterocycles. The number of benzene rings is 2. The monoisotopic (exact) mass is 489 g/mol. The van der Waals surface area contributed by atoms with E-state index in [9.17, 15) is 5.11 Å². The Bertz CT molecular complexity index is 708. The van der Waals surface area contributed by atoms with E-state index in [0.717, 1.165) is 24.5 Å². The topological polar surface area (TPSA) is 65.9 Å². The Morgan fingerprint density at radius 1 is 1.15 bits per heavy atom. The van der Waals surface area contributed by atoms with E-state index >= 15 is 0 Å². The van der Waals surface area contributed by atoms with Gasteiger partial charge in [0, 0.05) is 23.7 Å². The largest absolute Gasteiger partial charge is 0.504 e. The van der Waals surface area contributed by atoms with Crippen molar-refractivity contribution in [3.8, 4) is 11.5 Å². The second-order valence-electron chi connectivity index (χ2n) is 5.47. The highest BCUT2D eigenvalue weighted by Crippen LogP contribution is 2.29. The first-order valence-corrected chi connectivity index (χ1v) is 8.63. The number of aromatic hydroxyl groups is 1. The molecule has 0 heterocycles. The Morgan fingerprint density at radius 2 is 1.88 bits per heavy atom.